The molecule has 0 aliphatic rings. The van der Waals surface area contributed by atoms with Gasteiger partial charge in [0, 0.05) is 18.4 Å². The van der Waals surface area contributed by atoms with Gasteiger partial charge in [-0.1, -0.05) is 72.8 Å². The van der Waals surface area contributed by atoms with Crippen LogP contribution in [-0.4, -0.2) is 28.5 Å². The van der Waals surface area contributed by atoms with E-state index in [2.05, 4.69) is 115 Å². The average Bonchev–Trinajstić information content (AvgIpc) is 3.75. The number of para-hydroxylation sites is 7. The third-order valence-corrected chi connectivity index (χ3v) is 8.46. The average molecular weight is 582 g/mol. The quantitative estimate of drug-likeness (QED) is 0.204. The van der Waals surface area contributed by atoms with E-state index in [1.54, 1.807) is 0 Å². The van der Waals surface area contributed by atoms with E-state index >= 15 is 0 Å². The van der Waals surface area contributed by atoms with E-state index in [0.717, 1.165) is 73.3 Å². The maximum atomic E-state index is 5.36. The van der Waals surface area contributed by atoms with E-state index in [1.807, 2.05) is 55.6 Å². The summed E-state index contributed by atoms with van der Waals surface area (Å²) in [7, 11) is 2.04. The minimum absolute atomic E-state index is 0.784. The highest BCUT2D eigenvalue weighted by atomic mass is 15.2. The minimum atomic E-state index is 0.784. The molecule has 5 aromatic carbocycles. The molecule has 4 heterocycles. The van der Waals surface area contributed by atoms with E-state index in [4.69, 9.17) is 15.0 Å². The lowest BCUT2D eigenvalue weighted by Gasteiger charge is -2.25. The van der Waals surface area contributed by atoms with Gasteiger partial charge in [-0.15, -0.1) is 0 Å². The highest BCUT2D eigenvalue weighted by Gasteiger charge is 2.23. The molecule has 0 bridgehead atoms. The number of hydrogen-bond donors (Lipinski definition) is 0. The van der Waals surface area contributed by atoms with E-state index in [9.17, 15) is 0 Å². The molecular formula is C38H27N7. The SMILES string of the molecule is Cn1c(-c2cccc(N(c3ccccc3)c3cccc4c3nc3n(-c5ccccc5)c5ccccc5n43)n2)nc2ccccc21. The van der Waals surface area contributed by atoms with Crippen molar-refractivity contribution in [1.29, 1.82) is 0 Å². The molecule has 0 unspecified atom stereocenters. The van der Waals surface area contributed by atoms with E-state index in [-0.39, 0.29) is 0 Å². The summed E-state index contributed by atoms with van der Waals surface area (Å²) in [5, 5.41) is 0. The van der Waals surface area contributed by atoms with Crippen LogP contribution in [0.3, 0.4) is 0 Å². The third-order valence-electron chi connectivity index (χ3n) is 8.46. The van der Waals surface area contributed by atoms with Gasteiger partial charge in [0.1, 0.15) is 17.0 Å². The molecule has 0 N–H and O–H groups in total. The summed E-state index contributed by atoms with van der Waals surface area (Å²) in [6, 6.07) is 49.9. The number of imidazole rings is 3. The fourth-order valence-electron chi connectivity index (χ4n) is 6.44. The van der Waals surface area contributed by atoms with Crippen LogP contribution in [0.4, 0.5) is 17.2 Å². The number of aryl methyl sites for hydroxylation is 1. The number of pyridine rings is 1. The minimum Gasteiger partial charge on any atom is -0.326 e. The molecule has 7 heteroatoms. The summed E-state index contributed by atoms with van der Waals surface area (Å²) >= 11 is 0. The topological polar surface area (TPSA) is 56.2 Å². The van der Waals surface area contributed by atoms with Crippen molar-refractivity contribution in [2.45, 2.75) is 0 Å². The summed E-state index contributed by atoms with van der Waals surface area (Å²) in [5.41, 5.74) is 9.95. The summed E-state index contributed by atoms with van der Waals surface area (Å²) < 4.78 is 6.59. The lowest BCUT2D eigenvalue weighted by Crippen LogP contribution is -2.12. The molecular weight excluding hydrogens is 554 g/mol. The van der Waals surface area contributed by atoms with Crippen molar-refractivity contribution in [2.75, 3.05) is 4.90 Å². The molecule has 4 aromatic heterocycles. The second-order valence-corrected chi connectivity index (χ2v) is 11.1. The van der Waals surface area contributed by atoms with Gasteiger partial charge in [0.25, 0.3) is 0 Å². The van der Waals surface area contributed by atoms with Gasteiger partial charge in [0.05, 0.1) is 33.3 Å². The second kappa shape index (κ2) is 9.92. The molecule has 7 nitrogen and oxygen atoms in total. The van der Waals surface area contributed by atoms with Gasteiger partial charge in [0.15, 0.2) is 5.82 Å². The predicted octanol–water partition coefficient (Wildman–Crippen LogP) is 8.85. The molecule has 0 saturated heterocycles. The van der Waals surface area contributed by atoms with Crippen LogP contribution in [0.5, 0.6) is 0 Å². The van der Waals surface area contributed by atoms with Gasteiger partial charge in [0.2, 0.25) is 5.78 Å². The Morgan fingerprint density at radius 2 is 1.20 bits per heavy atom. The number of nitrogens with zero attached hydrogens (tertiary/aromatic N) is 7. The van der Waals surface area contributed by atoms with Crippen molar-refractivity contribution in [3.63, 3.8) is 0 Å². The van der Waals surface area contributed by atoms with Crippen molar-refractivity contribution in [3.8, 4) is 17.2 Å². The van der Waals surface area contributed by atoms with E-state index in [0.29, 0.717) is 0 Å². The monoisotopic (exact) mass is 581 g/mol. The number of fused-ring (bicyclic) bond motifs is 6. The Morgan fingerprint density at radius 1 is 0.533 bits per heavy atom. The van der Waals surface area contributed by atoms with Crippen molar-refractivity contribution >= 4 is 56.1 Å². The fourth-order valence-corrected chi connectivity index (χ4v) is 6.44. The molecule has 0 aliphatic heterocycles. The first-order chi connectivity index (χ1) is 22.3. The number of benzene rings is 5. The van der Waals surface area contributed by atoms with Crippen molar-refractivity contribution in [1.82, 2.24) is 28.5 Å². The largest absolute Gasteiger partial charge is 0.326 e. The normalized spacial score (nSPS) is 11.7. The zero-order chi connectivity index (χ0) is 29.9. The van der Waals surface area contributed by atoms with Crippen LogP contribution in [0.1, 0.15) is 0 Å². The molecule has 0 aliphatic carbocycles. The Labute approximate surface area is 258 Å². The lowest BCUT2D eigenvalue weighted by molar-refractivity contribution is 0.949. The first-order valence-electron chi connectivity index (χ1n) is 15.0. The zero-order valence-electron chi connectivity index (χ0n) is 24.5. The van der Waals surface area contributed by atoms with E-state index < -0.39 is 0 Å². The Kier molecular flexibility index (Phi) is 5.58. The summed E-state index contributed by atoms with van der Waals surface area (Å²) in [6.07, 6.45) is 0. The Hall–Kier alpha value is -6.21. The smallest absolute Gasteiger partial charge is 0.220 e. The first-order valence-corrected chi connectivity index (χ1v) is 15.0. The van der Waals surface area contributed by atoms with Gasteiger partial charge in [-0.3, -0.25) is 13.9 Å². The molecule has 0 fully saturated rings. The van der Waals surface area contributed by atoms with Crippen LogP contribution in [0, 0.1) is 0 Å². The third kappa shape index (κ3) is 3.87. The van der Waals surface area contributed by atoms with Crippen molar-refractivity contribution in [2.24, 2.45) is 7.05 Å². The molecule has 0 atom stereocenters. The molecule has 0 spiro atoms. The molecule has 9 aromatic rings. The lowest BCUT2D eigenvalue weighted by atomic mass is 10.2. The van der Waals surface area contributed by atoms with Crippen LogP contribution >= 0.6 is 0 Å². The molecule has 0 amide bonds. The second-order valence-electron chi connectivity index (χ2n) is 11.1. The van der Waals surface area contributed by atoms with Gasteiger partial charge in [-0.2, -0.15) is 0 Å². The molecule has 0 radical (unpaired) electrons. The Bertz CT molecular complexity index is 2510. The summed E-state index contributed by atoms with van der Waals surface area (Å²) in [6.45, 7) is 0. The zero-order valence-corrected chi connectivity index (χ0v) is 24.5. The maximum Gasteiger partial charge on any atom is 0.220 e. The van der Waals surface area contributed by atoms with Crippen LogP contribution in [-0.2, 0) is 7.05 Å². The number of rotatable bonds is 5. The fraction of sp³-hybridized carbons (Fsp3) is 0.0263. The summed E-state index contributed by atoms with van der Waals surface area (Å²) in [4.78, 5) is 17.7. The van der Waals surface area contributed by atoms with Gasteiger partial charge < -0.3 is 4.57 Å². The number of anilines is 3. The van der Waals surface area contributed by atoms with Gasteiger partial charge in [-0.05, 0) is 72.8 Å². The van der Waals surface area contributed by atoms with Crippen LogP contribution < -0.4 is 4.90 Å². The summed E-state index contributed by atoms with van der Waals surface area (Å²) in [5.74, 6) is 2.46. The molecule has 45 heavy (non-hydrogen) atoms. The number of aromatic nitrogens is 6. The van der Waals surface area contributed by atoms with Crippen LogP contribution in [0.25, 0.3) is 56.1 Å². The standard InChI is InChI=1S/C38H27N7/c1-42-30-20-9-8-18-28(30)40-37(42)29-19-12-25-35(39-29)43(26-14-4-2-5-15-26)33-23-13-24-34-36(33)41-38-44(27-16-6-3-7-17-27)31-21-10-11-22-32(31)45(34)38/h2-25H,1H3. The molecule has 9 rings (SSSR count). The van der Waals surface area contributed by atoms with Gasteiger partial charge in [-0.25, -0.2) is 15.0 Å². The number of hydrogen-bond acceptors (Lipinski definition) is 4. The van der Waals surface area contributed by atoms with Gasteiger partial charge >= 0.3 is 0 Å². The molecule has 0 saturated carbocycles. The first kappa shape index (κ1) is 25.3. The maximum absolute atomic E-state index is 5.36. The molecule has 214 valence electrons. The Balaban J connectivity index is 1.30. The van der Waals surface area contributed by atoms with Crippen molar-refractivity contribution in [3.05, 3.63) is 146 Å². The Morgan fingerprint density at radius 3 is 2.00 bits per heavy atom. The van der Waals surface area contributed by atoms with Crippen LogP contribution in [0.2, 0.25) is 0 Å². The highest BCUT2D eigenvalue weighted by molar-refractivity contribution is 6.00. The highest BCUT2D eigenvalue weighted by Crippen LogP contribution is 2.40. The van der Waals surface area contributed by atoms with Crippen molar-refractivity contribution < 1.29 is 0 Å². The van der Waals surface area contributed by atoms with Crippen LogP contribution in [0.15, 0.2) is 146 Å². The van der Waals surface area contributed by atoms with E-state index in [1.165, 1.54) is 0 Å². The predicted molar refractivity (Wildman–Crippen MR) is 182 cm³/mol.